The fraction of sp³-hybridized carbons (Fsp3) is 0.571. The number of nitrogens with zero attached hydrogens (tertiary/aromatic N) is 4. The van der Waals surface area contributed by atoms with Crippen molar-refractivity contribution in [2.24, 2.45) is 7.05 Å². The molecule has 0 radical (unpaired) electrons. The maximum absolute atomic E-state index is 12.5. The number of anilines is 1. The number of esters is 1. The largest absolute Gasteiger partial charge is 0.478 e. The second-order valence-electron chi connectivity index (χ2n) is 6.41. The van der Waals surface area contributed by atoms with E-state index in [2.05, 4.69) is 14.7 Å². The number of phosphoric ester groups is 1. The number of aliphatic hydroxyl groups is 1. The molecule has 4 rings (SSSR count). The Bertz CT molecular complexity index is 1070. The zero-order chi connectivity index (χ0) is 20.9. The smallest absolute Gasteiger partial charge is 0.438 e. The highest BCUT2D eigenvalue weighted by Crippen LogP contribution is 2.56. The fourth-order valence-corrected chi connectivity index (χ4v) is 4.31. The minimum Gasteiger partial charge on any atom is -0.438 e. The highest BCUT2D eigenvalue weighted by atomic mass is 31.2. The molecular weight excluding hydrogens is 413 g/mol. The Balaban J connectivity index is 1.57. The van der Waals surface area contributed by atoms with Crippen molar-refractivity contribution in [1.29, 1.82) is 0 Å². The van der Waals surface area contributed by atoms with E-state index in [1.807, 2.05) is 0 Å². The summed E-state index contributed by atoms with van der Waals surface area (Å²) in [5.74, 6) is -0.683. The summed E-state index contributed by atoms with van der Waals surface area (Å²) < 4.78 is 40.6. The van der Waals surface area contributed by atoms with E-state index in [0.717, 1.165) is 11.5 Å². The Kier molecular flexibility index (Phi) is 4.93. The summed E-state index contributed by atoms with van der Waals surface area (Å²) in [4.78, 5) is 31.2. The Hall–Kier alpha value is -2.35. The van der Waals surface area contributed by atoms with Crippen molar-refractivity contribution in [2.75, 3.05) is 19.1 Å². The number of aliphatic hydroxyl groups excluding tert-OH is 1. The second-order valence-corrected chi connectivity index (χ2v) is 8.03. The second kappa shape index (κ2) is 7.16. The first-order valence-electron chi connectivity index (χ1n) is 8.43. The molecule has 2 aliphatic heterocycles. The lowest BCUT2D eigenvalue weighted by molar-refractivity contribution is -0.150. The normalized spacial score (nSPS) is 31.7. The zero-order valence-corrected chi connectivity index (χ0v) is 16.2. The average Bonchev–Trinajstić information content (AvgIpc) is 3.21. The lowest BCUT2D eigenvalue weighted by Crippen LogP contribution is -2.39. The van der Waals surface area contributed by atoms with Gasteiger partial charge in [-0.2, -0.15) is 4.98 Å². The molecule has 0 aliphatic carbocycles. The van der Waals surface area contributed by atoms with Gasteiger partial charge in [-0.15, -0.1) is 0 Å². The van der Waals surface area contributed by atoms with E-state index >= 15 is 0 Å². The molecule has 14 nitrogen and oxygen atoms in total. The molecule has 5 atom stereocenters. The number of nitrogens with two attached hydrogens (primary N) is 1. The summed E-state index contributed by atoms with van der Waals surface area (Å²) in [6.45, 7) is 0.309. The quantitative estimate of drug-likeness (QED) is 0.344. The average molecular weight is 431 g/mol. The number of ether oxygens (including phenoxy) is 2. The molecule has 0 bridgehead atoms. The molecular formula is C14H18N5O9P. The summed E-state index contributed by atoms with van der Waals surface area (Å²) in [5, 5.41) is 10.7. The van der Waals surface area contributed by atoms with Gasteiger partial charge >= 0.3 is 13.8 Å². The minimum absolute atomic E-state index is 0.0416. The van der Waals surface area contributed by atoms with E-state index in [1.54, 1.807) is 0 Å². The molecule has 2 aliphatic rings. The molecule has 4 heterocycles. The first-order chi connectivity index (χ1) is 13.7. The highest BCUT2D eigenvalue weighted by molar-refractivity contribution is 7.48. The maximum Gasteiger partial charge on any atom is 0.478 e. The van der Waals surface area contributed by atoms with Crippen molar-refractivity contribution in [3.63, 3.8) is 0 Å². The Morgan fingerprint density at radius 3 is 3.00 bits per heavy atom. The van der Waals surface area contributed by atoms with Gasteiger partial charge in [-0.25, -0.2) is 14.1 Å². The SMILES string of the molecule is CC(=O)OCOP1(=O)OC[C@H]2O[C@@H](n3cnc4c(=O)n(C)c(N)nc43)[C@H](O)[C@@H]2O1. The number of hydrogen-bond acceptors (Lipinski definition) is 12. The van der Waals surface area contributed by atoms with Crippen molar-refractivity contribution in [1.82, 2.24) is 19.1 Å². The van der Waals surface area contributed by atoms with E-state index in [4.69, 9.17) is 24.0 Å². The molecule has 0 aromatic carbocycles. The Morgan fingerprint density at radius 1 is 1.52 bits per heavy atom. The molecule has 158 valence electrons. The summed E-state index contributed by atoms with van der Waals surface area (Å²) in [5.41, 5.74) is 5.44. The number of carbonyl (C=O) groups is 1. The molecule has 0 amide bonds. The number of phosphoric acid groups is 1. The maximum atomic E-state index is 12.5. The highest BCUT2D eigenvalue weighted by Gasteiger charge is 2.53. The third kappa shape index (κ3) is 3.43. The summed E-state index contributed by atoms with van der Waals surface area (Å²) in [6.07, 6.45) is -2.95. The molecule has 2 aromatic heterocycles. The van der Waals surface area contributed by atoms with Crippen LogP contribution in [0.15, 0.2) is 11.1 Å². The van der Waals surface area contributed by atoms with Gasteiger partial charge in [0.15, 0.2) is 17.4 Å². The third-order valence-electron chi connectivity index (χ3n) is 4.54. The van der Waals surface area contributed by atoms with Crippen molar-refractivity contribution < 1.29 is 37.5 Å². The number of carbonyl (C=O) groups excluding carboxylic acids is 1. The lowest BCUT2D eigenvalue weighted by atomic mass is 10.1. The summed E-state index contributed by atoms with van der Waals surface area (Å²) >= 11 is 0. The summed E-state index contributed by atoms with van der Waals surface area (Å²) in [6, 6.07) is 0. The monoisotopic (exact) mass is 431 g/mol. The van der Waals surface area contributed by atoms with E-state index in [1.165, 1.54) is 17.9 Å². The van der Waals surface area contributed by atoms with Crippen LogP contribution in [-0.2, 0) is 39.5 Å². The Labute approximate surface area is 162 Å². The predicted octanol–water partition coefficient (Wildman–Crippen LogP) is -0.969. The standard InChI is InChI=1S/C14H18N5O9P/c1-6(20)24-5-26-29(23)25-3-7-10(28-29)9(21)13(27-7)19-4-16-8-11(19)17-14(15)18(2)12(8)22/h4,7,9-10,13,21H,3,5H2,1-2H3,(H2,15,17)/t7-,9-,10-,13-,29?/m1/s1. The third-order valence-corrected chi connectivity index (χ3v) is 5.93. The van der Waals surface area contributed by atoms with E-state index in [0.29, 0.717) is 0 Å². The van der Waals surface area contributed by atoms with Crippen molar-refractivity contribution in [3.8, 4) is 0 Å². The van der Waals surface area contributed by atoms with Crippen molar-refractivity contribution in [2.45, 2.75) is 31.5 Å². The lowest BCUT2D eigenvalue weighted by Gasteiger charge is -2.30. The van der Waals surface area contributed by atoms with Crippen LogP contribution in [0.3, 0.4) is 0 Å². The molecule has 3 N–H and O–H groups in total. The summed E-state index contributed by atoms with van der Waals surface area (Å²) in [7, 11) is -2.63. The van der Waals surface area contributed by atoms with Crippen LogP contribution in [-0.4, -0.2) is 61.9 Å². The molecule has 2 fully saturated rings. The number of nitrogen functional groups attached to an aromatic ring is 1. The van der Waals surface area contributed by atoms with E-state index in [-0.39, 0.29) is 23.7 Å². The van der Waals surface area contributed by atoms with Crippen molar-refractivity contribution in [3.05, 3.63) is 16.7 Å². The van der Waals surface area contributed by atoms with Crippen LogP contribution in [0.4, 0.5) is 5.95 Å². The molecule has 2 saturated heterocycles. The molecule has 15 heteroatoms. The van der Waals surface area contributed by atoms with Gasteiger partial charge in [0.1, 0.15) is 18.3 Å². The van der Waals surface area contributed by atoms with Crippen LogP contribution in [0, 0.1) is 0 Å². The van der Waals surface area contributed by atoms with Gasteiger partial charge in [0.05, 0.1) is 12.9 Å². The van der Waals surface area contributed by atoms with Crippen LogP contribution >= 0.6 is 7.82 Å². The topological polar surface area (TPSA) is 179 Å². The molecule has 0 spiro atoms. The van der Waals surface area contributed by atoms with Crippen LogP contribution < -0.4 is 11.3 Å². The number of hydrogen-bond donors (Lipinski definition) is 2. The number of fused-ring (bicyclic) bond motifs is 2. The zero-order valence-electron chi connectivity index (χ0n) is 15.3. The van der Waals surface area contributed by atoms with Crippen LogP contribution in [0.5, 0.6) is 0 Å². The van der Waals surface area contributed by atoms with Crippen LogP contribution in [0.2, 0.25) is 0 Å². The molecule has 0 saturated carbocycles. The van der Waals surface area contributed by atoms with E-state index < -0.39 is 50.7 Å². The van der Waals surface area contributed by atoms with E-state index in [9.17, 15) is 19.3 Å². The first-order valence-corrected chi connectivity index (χ1v) is 9.89. The minimum atomic E-state index is -4.08. The van der Waals surface area contributed by atoms with Gasteiger partial charge in [0.2, 0.25) is 12.7 Å². The molecule has 1 unspecified atom stereocenters. The van der Waals surface area contributed by atoms with Gasteiger partial charge < -0.3 is 20.3 Å². The molecule has 2 aromatic rings. The number of aromatic nitrogens is 4. The van der Waals surface area contributed by atoms with Gasteiger partial charge in [-0.1, -0.05) is 0 Å². The van der Waals surface area contributed by atoms with Crippen LogP contribution in [0.25, 0.3) is 11.2 Å². The number of imidazole rings is 1. The van der Waals surface area contributed by atoms with Crippen LogP contribution in [0.1, 0.15) is 13.2 Å². The fourth-order valence-electron chi connectivity index (χ4n) is 3.05. The Morgan fingerprint density at radius 2 is 2.28 bits per heavy atom. The molecule has 29 heavy (non-hydrogen) atoms. The number of rotatable bonds is 4. The van der Waals surface area contributed by atoms with Crippen molar-refractivity contribution >= 4 is 30.9 Å². The van der Waals surface area contributed by atoms with Gasteiger partial charge in [0.25, 0.3) is 5.56 Å². The van der Waals surface area contributed by atoms with Gasteiger partial charge in [0, 0.05) is 14.0 Å². The van der Waals surface area contributed by atoms with Gasteiger partial charge in [-0.3, -0.25) is 27.8 Å². The van der Waals surface area contributed by atoms with Gasteiger partial charge in [-0.05, 0) is 0 Å². The predicted molar refractivity (Wildman–Crippen MR) is 93.2 cm³/mol. The first kappa shape index (κ1) is 19.9.